The molecule has 0 amide bonds. The monoisotopic (exact) mass is 510 g/mol. The van der Waals surface area contributed by atoms with E-state index in [1.54, 1.807) is 0 Å². The highest BCUT2D eigenvalue weighted by atomic mass is 32.1. The van der Waals surface area contributed by atoms with Crippen LogP contribution < -0.4 is 20.9 Å². The molecule has 186 valence electrons. The maximum Gasteiger partial charge on any atom is 0.225 e. The van der Waals surface area contributed by atoms with Crippen molar-refractivity contribution in [1.29, 1.82) is 0 Å². The standard InChI is InChI=1S/C23H23F5N6S/c1-34(2)21-13-5-3-4-6-14(13)31-22(33-21)29-11-7-9-12(10-8-11)30-23(35)32-20-18(27)16(25)15(24)17(26)19(20)28/h3-6,11-12H,7-10H2,1-2H3,(H,29,31,33)(H2,30,32,35)/t11-,12+. The molecule has 35 heavy (non-hydrogen) atoms. The number of para-hydroxylation sites is 1. The predicted octanol–water partition coefficient (Wildman–Crippen LogP) is 5.10. The van der Waals surface area contributed by atoms with Crippen LogP contribution in [-0.2, 0) is 0 Å². The van der Waals surface area contributed by atoms with Crippen molar-refractivity contribution in [3.05, 3.63) is 53.4 Å². The first-order valence-corrected chi connectivity index (χ1v) is 11.4. The van der Waals surface area contributed by atoms with Gasteiger partial charge in [0.2, 0.25) is 11.8 Å². The zero-order valence-corrected chi connectivity index (χ0v) is 19.7. The van der Waals surface area contributed by atoms with Gasteiger partial charge >= 0.3 is 0 Å². The SMILES string of the molecule is CN(C)c1nc(N[C@H]2CC[C@@H](NC(=S)Nc3c(F)c(F)c(F)c(F)c3F)CC2)nc2ccccc12. The van der Waals surface area contributed by atoms with Crippen LogP contribution in [0.1, 0.15) is 25.7 Å². The van der Waals surface area contributed by atoms with Gasteiger partial charge < -0.3 is 20.9 Å². The molecular formula is C23H23F5N6S. The van der Waals surface area contributed by atoms with Crippen molar-refractivity contribution in [2.45, 2.75) is 37.8 Å². The van der Waals surface area contributed by atoms with Gasteiger partial charge in [0, 0.05) is 31.6 Å². The molecule has 1 aliphatic rings. The van der Waals surface area contributed by atoms with Crippen LogP contribution in [0.25, 0.3) is 10.9 Å². The molecular weight excluding hydrogens is 487 g/mol. The van der Waals surface area contributed by atoms with Gasteiger partial charge in [-0.3, -0.25) is 0 Å². The van der Waals surface area contributed by atoms with Crippen LogP contribution in [-0.4, -0.2) is 41.3 Å². The molecule has 1 saturated carbocycles. The Labute approximate surface area is 203 Å². The highest BCUT2D eigenvalue weighted by Crippen LogP contribution is 2.28. The number of benzene rings is 2. The lowest BCUT2D eigenvalue weighted by molar-refractivity contribution is 0.381. The highest BCUT2D eigenvalue weighted by Gasteiger charge is 2.27. The number of aromatic nitrogens is 2. The molecule has 2 aromatic carbocycles. The molecule has 1 fully saturated rings. The third-order valence-electron chi connectivity index (χ3n) is 5.85. The summed E-state index contributed by atoms with van der Waals surface area (Å²) in [6.45, 7) is 0. The maximum atomic E-state index is 13.9. The van der Waals surface area contributed by atoms with E-state index in [2.05, 4.69) is 25.9 Å². The number of rotatable bonds is 5. The van der Waals surface area contributed by atoms with Gasteiger partial charge in [0.15, 0.2) is 28.4 Å². The summed E-state index contributed by atoms with van der Waals surface area (Å²) >= 11 is 5.04. The third kappa shape index (κ3) is 5.21. The summed E-state index contributed by atoms with van der Waals surface area (Å²) in [4.78, 5) is 11.2. The molecule has 0 saturated heterocycles. The Hall–Kier alpha value is -3.28. The first-order valence-electron chi connectivity index (χ1n) is 10.9. The Morgan fingerprint density at radius 3 is 2.06 bits per heavy atom. The van der Waals surface area contributed by atoms with E-state index in [1.165, 1.54) is 0 Å². The molecule has 1 heterocycles. The molecule has 4 rings (SSSR count). The largest absolute Gasteiger partial charge is 0.362 e. The van der Waals surface area contributed by atoms with Crippen molar-refractivity contribution in [2.24, 2.45) is 0 Å². The van der Waals surface area contributed by atoms with E-state index < -0.39 is 34.8 Å². The van der Waals surface area contributed by atoms with Gasteiger partial charge in [0.25, 0.3) is 0 Å². The van der Waals surface area contributed by atoms with E-state index in [4.69, 9.17) is 12.2 Å². The second kappa shape index (κ2) is 10.1. The van der Waals surface area contributed by atoms with Gasteiger partial charge in [-0.15, -0.1) is 0 Å². The van der Waals surface area contributed by atoms with Crippen molar-refractivity contribution >= 4 is 45.7 Å². The first-order chi connectivity index (χ1) is 16.7. The molecule has 1 aliphatic carbocycles. The van der Waals surface area contributed by atoms with Crippen molar-refractivity contribution < 1.29 is 22.0 Å². The summed E-state index contributed by atoms with van der Waals surface area (Å²) in [6.07, 6.45) is 2.78. The number of nitrogens with one attached hydrogen (secondary N) is 3. The van der Waals surface area contributed by atoms with Crippen molar-refractivity contribution in [1.82, 2.24) is 15.3 Å². The smallest absolute Gasteiger partial charge is 0.225 e. The molecule has 3 aromatic rings. The summed E-state index contributed by atoms with van der Waals surface area (Å²) < 4.78 is 67.8. The van der Waals surface area contributed by atoms with Crippen LogP contribution in [0.5, 0.6) is 0 Å². The molecule has 0 bridgehead atoms. The lowest BCUT2D eigenvalue weighted by atomic mass is 9.91. The molecule has 0 atom stereocenters. The van der Waals surface area contributed by atoms with Gasteiger partial charge in [-0.05, 0) is 50.0 Å². The molecule has 0 radical (unpaired) electrons. The number of anilines is 3. The zero-order chi connectivity index (χ0) is 25.3. The Morgan fingerprint density at radius 1 is 0.857 bits per heavy atom. The van der Waals surface area contributed by atoms with Crippen LogP contribution in [0.15, 0.2) is 24.3 Å². The second-order valence-electron chi connectivity index (χ2n) is 8.52. The number of halogens is 5. The van der Waals surface area contributed by atoms with Crippen LogP contribution in [0.4, 0.5) is 39.4 Å². The molecule has 0 aliphatic heterocycles. The van der Waals surface area contributed by atoms with Crippen molar-refractivity contribution in [3.63, 3.8) is 0 Å². The van der Waals surface area contributed by atoms with Crippen molar-refractivity contribution in [2.75, 3.05) is 29.6 Å². The van der Waals surface area contributed by atoms with E-state index in [0.717, 1.165) is 29.6 Å². The summed E-state index contributed by atoms with van der Waals surface area (Å²) in [5.41, 5.74) is -0.354. The Morgan fingerprint density at radius 2 is 1.43 bits per heavy atom. The molecule has 6 nitrogen and oxygen atoms in total. The van der Waals surface area contributed by atoms with Gasteiger partial charge in [-0.2, -0.15) is 4.98 Å². The van der Waals surface area contributed by atoms with Gasteiger partial charge in [-0.25, -0.2) is 26.9 Å². The maximum absolute atomic E-state index is 13.9. The summed E-state index contributed by atoms with van der Waals surface area (Å²) in [7, 11) is 3.83. The number of thiocarbonyl (C=S) groups is 1. The number of hydrogen-bond acceptors (Lipinski definition) is 5. The molecule has 3 N–H and O–H groups in total. The third-order valence-corrected chi connectivity index (χ3v) is 6.07. The van der Waals surface area contributed by atoms with E-state index in [-0.39, 0.29) is 17.2 Å². The number of fused-ring (bicyclic) bond motifs is 1. The summed E-state index contributed by atoms with van der Waals surface area (Å²) in [5, 5.41) is 9.09. The first kappa shape index (κ1) is 24.8. The summed E-state index contributed by atoms with van der Waals surface area (Å²) in [6, 6.07) is 7.71. The van der Waals surface area contributed by atoms with Crippen LogP contribution in [0.2, 0.25) is 0 Å². The fraction of sp³-hybridized carbons (Fsp3) is 0.348. The van der Waals surface area contributed by atoms with E-state index in [1.807, 2.05) is 43.3 Å². The van der Waals surface area contributed by atoms with E-state index in [0.29, 0.717) is 18.8 Å². The normalized spacial score (nSPS) is 17.8. The number of nitrogens with zero attached hydrogens (tertiary/aromatic N) is 3. The minimum atomic E-state index is -2.22. The zero-order valence-electron chi connectivity index (χ0n) is 18.9. The lowest BCUT2D eigenvalue weighted by Gasteiger charge is -2.30. The minimum absolute atomic E-state index is 0.0981. The van der Waals surface area contributed by atoms with Gasteiger partial charge in [0.05, 0.1) is 5.52 Å². The van der Waals surface area contributed by atoms with Crippen LogP contribution in [0, 0.1) is 29.1 Å². The molecule has 1 aromatic heterocycles. The Kier molecular flexibility index (Phi) is 7.20. The summed E-state index contributed by atoms with van der Waals surface area (Å²) in [5.74, 6) is -8.89. The quantitative estimate of drug-likeness (QED) is 0.191. The average molecular weight is 511 g/mol. The minimum Gasteiger partial charge on any atom is -0.362 e. The van der Waals surface area contributed by atoms with E-state index in [9.17, 15) is 22.0 Å². The predicted molar refractivity (Wildman–Crippen MR) is 129 cm³/mol. The second-order valence-corrected chi connectivity index (χ2v) is 8.93. The molecule has 0 spiro atoms. The topological polar surface area (TPSA) is 65.1 Å². The highest BCUT2D eigenvalue weighted by molar-refractivity contribution is 7.80. The Balaban J connectivity index is 1.36. The van der Waals surface area contributed by atoms with Gasteiger partial charge in [0.1, 0.15) is 11.5 Å². The lowest BCUT2D eigenvalue weighted by Crippen LogP contribution is -2.42. The average Bonchev–Trinajstić information content (AvgIpc) is 2.85. The molecule has 12 heteroatoms. The molecule has 0 unspecified atom stereocenters. The van der Waals surface area contributed by atoms with E-state index >= 15 is 0 Å². The van der Waals surface area contributed by atoms with Crippen LogP contribution in [0.3, 0.4) is 0 Å². The fourth-order valence-electron chi connectivity index (χ4n) is 4.08. The van der Waals surface area contributed by atoms with Crippen LogP contribution >= 0.6 is 12.2 Å². The van der Waals surface area contributed by atoms with Gasteiger partial charge in [-0.1, -0.05) is 12.1 Å². The number of hydrogen-bond donors (Lipinski definition) is 3. The fourth-order valence-corrected chi connectivity index (χ4v) is 4.35. The Bertz CT molecular complexity index is 1230. The van der Waals surface area contributed by atoms with Crippen molar-refractivity contribution in [3.8, 4) is 0 Å².